The maximum absolute atomic E-state index is 9.60. The first-order chi connectivity index (χ1) is 24.7. The van der Waals surface area contributed by atoms with Gasteiger partial charge in [0.05, 0.1) is 41.5 Å². The summed E-state index contributed by atoms with van der Waals surface area (Å²) >= 11 is 0. The molecule has 0 atom stereocenters. The van der Waals surface area contributed by atoms with Crippen LogP contribution in [0.2, 0.25) is 0 Å². The van der Waals surface area contributed by atoms with E-state index in [1.165, 1.54) is 15.6 Å². The molecule has 0 spiro atoms. The minimum atomic E-state index is -2.98. The molecule has 0 fully saturated rings. The number of nitriles is 1. The van der Waals surface area contributed by atoms with Gasteiger partial charge in [-0.2, -0.15) is 5.26 Å². The van der Waals surface area contributed by atoms with Crippen molar-refractivity contribution >= 4 is 62.0 Å². The molecule has 8 rings (SSSR count). The second-order valence-corrected chi connectivity index (χ2v) is 16.0. The van der Waals surface area contributed by atoms with Gasteiger partial charge in [0.1, 0.15) is 0 Å². The minimum absolute atomic E-state index is 0.517. The number of hydrogen-bond acceptors (Lipinski definition) is 1. The number of aromatic nitrogens is 1. The van der Waals surface area contributed by atoms with Gasteiger partial charge in [-0.1, -0.05) is 133 Å². The van der Waals surface area contributed by atoms with E-state index >= 15 is 0 Å². The van der Waals surface area contributed by atoms with Crippen molar-refractivity contribution in [1.29, 1.82) is 5.26 Å². The highest BCUT2D eigenvalue weighted by Gasteiger charge is 2.42. The van der Waals surface area contributed by atoms with Crippen molar-refractivity contribution < 1.29 is 0 Å². The van der Waals surface area contributed by atoms with Crippen LogP contribution in [0.4, 0.5) is 11.4 Å². The van der Waals surface area contributed by atoms with E-state index in [0.29, 0.717) is 16.9 Å². The molecule has 1 aromatic heterocycles. The van der Waals surface area contributed by atoms with Crippen LogP contribution in [0.15, 0.2) is 170 Å². The van der Waals surface area contributed by atoms with E-state index in [-0.39, 0.29) is 0 Å². The summed E-state index contributed by atoms with van der Waals surface area (Å²) in [5.74, 6) is 0. The van der Waals surface area contributed by atoms with Gasteiger partial charge in [0.15, 0.2) is 13.8 Å². The Morgan fingerprint density at radius 1 is 0.500 bits per heavy atom. The molecule has 0 bridgehead atoms. The van der Waals surface area contributed by atoms with Crippen molar-refractivity contribution in [3.63, 3.8) is 0 Å². The van der Waals surface area contributed by atoms with Gasteiger partial charge < -0.3 is 4.57 Å². The molecule has 0 aliphatic carbocycles. The highest BCUT2D eigenvalue weighted by atomic mass is 28.3. The van der Waals surface area contributed by atoms with E-state index in [9.17, 15) is 5.26 Å². The number of para-hydroxylation sites is 1. The molecule has 232 valence electrons. The fraction of sp³-hybridized carbons (Fsp3) is 0. The first kappa shape index (κ1) is 30.4. The van der Waals surface area contributed by atoms with Crippen molar-refractivity contribution in [1.82, 2.24) is 4.57 Å². The molecule has 0 unspecified atom stereocenters. The van der Waals surface area contributed by atoms with Gasteiger partial charge in [-0.3, -0.25) is 0 Å². The number of fused-ring (bicyclic) bond motifs is 3. The maximum Gasteiger partial charge on any atom is 0.211 e. The Morgan fingerprint density at radius 3 is 1.64 bits per heavy atom. The molecule has 4 nitrogen and oxygen atoms in total. The summed E-state index contributed by atoms with van der Waals surface area (Å²) in [4.78, 5) is 8.16. The van der Waals surface area contributed by atoms with Gasteiger partial charge in [0, 0.05) is 10.8 Å². The summed E-state index contributed by atoms with van der Waals surface area (Å²) in [6, 6.07) is 60.1. The van der Waals surface area contributed by atoms with Gasteiger partial charge >= 0.3 is 0 Å². The third-order valence-electron chi connectivity index (χ3n) is 9.61. The van der Waals surface area contributed by atoms with E-state index in [1.54, 1.807) is 0 Å². The second kappa shape index (κ2) is 12.6. The maximum atomic E-state index is 9.60. The monoisotopic (exact) mass is 652 g/mol. The van der Waals surface area contributed by atoms with E-state index in [1.807, 2.05) is 72.8 Å². The second-order valence-electron chi connectivity index (χ2n) is 12.2. The van der Waals surface area contributed by atoms with Crippen molar-refractivity contribution in [2.45, 2.75) is 0 Å². The summed E-state index contributed by atoms with van der Waals surface area (Å²) in [5, 5.41) is 16.2. The Morgan fingerprint density at radius 2 is 1.04 bits per heavy atom. The molecule has 7 aromatic carbocycles. The number of rotatable bonds is 6. The zero-order valence-electron chi connectivity index (χ0n) is 27.0. The molecule has 0 N–H and O–H groups in total. The Bertz CT molecular complexity index is 2580. The zero-order valence-corrected chi connectivity index (χ0v) is 28.0. The van der Waals surface area contributed by atoms with Crippen LogP contribution in [0, 0.1) is 24.5 Å². The van der Waals surface area contributed by atoms with Crippen LogP contribution in [-0.2, 0) is 0 Å². The van der Waals surface area contributed by atoms with Gasteiger partial charge in [0.2, 0.25) is 5.69 Å². The molecule has 0 saturated heterocycles. The van der Waals surface area contributed by atoms with Crippen LogP contribution in [0.3, 0.4) is 0 Å². The minimum Gasteiger partial charge on any atom is -0.319 e. The molecule has 1 heterocycles. The molecular formula is C45H28N4Si. The van der Waals surface area contributed by atoms with Crippen molar-refractivity contribution in [3.05, 3.63) is 198 Å². The normalized spacial score (nSPS) is 11.1. The fourth-order valence-electron chi connectivity index (χ4n) is 7.43. The van der Waals surface area contributed by atoms with Crippen LogP contribution in [-0.4, -0.2) is 12.6 Å². The molecule has 0 radical (unpaired) electrons. The molecule has 5 heteroatoms. The molecule has 50 heavy (non-hydrogen) atoms. The Kier molecular flexibility index (Phi) is 7.63. The molecule has 0 aliphatic heterocycles. The highest BCUT2D eigenvalue weighted by molar-refractivity contribution is 7.20. The van der Waals surface area contributed by atoms with Gasteiger partial charge in [0.25, 0.3) is 0 Å². The predicted molar refractivity (Wildman–Crippen MR) is 207 cm³/mol. The summed E-state index contributed by atoms with van der Waals surface area (Å²) in [6.45, 7) is 16.6. The molecule has 0 aliphatic rings. The first-order valence-electron chi connectivity index (χ1n) is 16.3. The number of hydrogen-bond donors (Lipinski definition) is 0. The Balaban J connectivity index is 1.37. The van der Waals surface area contributed by atoms with Gasteiger partial charge in [-0.05, 0) is 68.3 Å². The van der Waals surface area contributed by atoms with Gasteiger partial charge in [-0.15, -0.1) is 0 Å². The fourth-order valence-corrected chi connectivity index (χ4v) is 12.3. The standard InChI is InChI=1S/C45H28N4Si/c1-47-40-25-23-34(30-45(40)50(35-14-6-3-7-15-35,36-16-8-4-9-17-36)37-18-10-5-11-19-37)33-24-27-44(41(29-33)48-2)49-42-21-13-12-20-38(42)39-28-32(31-46)22-26-43(39)49/h3-30H. The average molecular weight is 653 g/mol. The van der Waals surface area contributed by atoms with Crippen molar-refractivity contribution in [2.24, 2.45) is 0 Å². The predicted octanol–water partition coefficient (Wildman–Crippen LogP) is 8.80. The smallest absolute Gasteiger partial charge is 0.211 e. The average Bonchev–Trinajstić information content (AvgIpc) is 3.52. The van der Waals surface area contributed by atoms with Crippen LogP contribution in [0.25, 0.3) is 48.3 Å². The van der Waals surface area contributed by atoms with E-state index < -0.39 is 8.07 Å². The first-order valence-corrected chi connectivity index (χ1v) is 18.3. The summed E-state index contributed by atoms with van der Waals surface area (Å²) in [6.07, 6.45) is 0. The quantitative estimate of drug-likeness (QED) is 0.101. The highest BCUT2D eigenvalue weighted by Crippen LogP contribution is 2.38. The van der Waals surface area contributed by atoms with E-state index in [0.717, 1.165) is 43.8 Å². The lowest BCUT2D eigenvalue weighted by molar-refractivity contribution is 1.19. The van der Waals surface area contributed by atoms with E-state index in [2.05, 4.69) is 117 Å². The van der Waals surface area contributed by atoms with Crippen molar-refractivity contribution in [3.8, 4) is 22.9 Å². The number of benzene rings is 7. The molecule has 8 aromatic rings. The summed E-state index contributed by atoms with van der Waals surface area (Å²) in [5.41, 5.74) is 6.29. The summed E-state index contributed by atoms with van der Waals surface area (Å²) in [7, 11) is -2.98. The summed E-state index contributed by atoms with van der Waals surface area (Å²) < 4.78 is 2.12. The third-order valence-corrected chi connectivity index (χ3v) is 14.4. The van der Waals surface area contributed by atoms with E-state index in [4.69, 9.17) is 13.1 Å². The zero-order chi connectivity index (χ0) is 34.1. The third kappa shape index (κ3) is 4.80. The molecule has 0 amide bonds. The Labute approximate surface area is 292 Å². The molecule has 0 saturated carbocycles. The van der Waals surface area contributed by atoms with Gasteiger partial charge in [-0.25, -0.2) is 9.69 Å². The topological polar surface area (TPSA) is 37.4 Å². The largest absolute Gasteiger partial charge is 0.319 e. The van der Waals surface area contributed by atoms with Crippen LogP contribution in [0.1, 0.15) is 5.56 Å². The van der Waals surface area contributed by atoms with Crippen LogP contribution >= 0.6 is 0 Å². The SMILES string of the molecule is [C-]#[N+]c1cc(-c2ccc([N+]#[C-])c([Si](c3ccccc3)(c3ccccc3)c3ccccc3)c2)ccc1-n1c2ccccc2c2cc(C#N)ccc21. The molecular weight excluding hydrogens is 625 g/mol. The lowest BCUT2D eigenvalue weighted by Gasteiger charge is -2.35. The number of nitrogens with zero attached hydrogens (tertiary/aromatic N) is 4. The Hall–Kier alpha value is -6.97. The van der Waals surface area contributed by atoms with Crippen molar-refractivity contribution in [2.75, 3.05) is 0 Å². The lowest BCUT2D eigenvalue weighted by atomic mass is 10.0. The lowest BCUT2D eigenvalue weighted by Crippen LogP contribution is -2.74. The van der Waals surface area contributed by atoms with Crippen LogP contribution < -0.4 is 20.7 Å². The van der Waals surface area contributed by atoms with Crippen LogP contribution in [0.5, 0.6) is 0 Å².